The van der Waals surface area contributed by atoms with Crippen LogP contribution in [0.4, 0.5) is 5.82 Å². The molecule has 4 aliphatic rings. The molecule has 182 valence electrons. The first kappa shape index (κ1) is 22.2. The van der Waals surface area contributed by atoms with Gasteiger partial charge in [0.2, 0.25) is 0 Å². The normalized spacial score (nSPS) is 25.9. The van der Waals surface area contributed by atoms with Gasteiger partial charge in [-0.1, -0.05) is 0 Å². The molecule has 0 radical (unpaired) electrons. The van der Waals surface area contributed by atoms with Gasteiger partial charge in [-0.2, -0.15) is 0 Å². The van der Waals surface area contributed by atoms with E-state index in [1.165, 1.54) is 32.3 Å². The highest BCUT2D eigenvalue weighted by Crippen LogP contribution is 2.32. The molecule has 0 saturated carbocycles. The van der Waals surface area contributed by atoms with Crippen LogP contribution in [0.1, 0.15) is 36.0 Å². The number of piperidine rings is 4. The van der Waals surface area contributed by atoms with Crippen molar-refractivity contribution >= 4 is 22.8 Å². The summed E-state index contributed by atoms with van der Waals surface area (Å²) in [7, 11) is 0. The Hall–Kier alpha value is -3.30. The number of nitrogens with one attached hydrogen (secondary N) is 2. The highest BCUT2D eigenvalue weighted by atomic mass is 16.5. The standard InChI is InChI=1S/C26H31N7O2/c27-25(34)20-12-21(32-24-23(20)29-15-30-26(24)31-18-2-1-9-28-13-18)16-3-5-19(6-4-16)35-22-14-33-10-7-17(22)8-11-33/h3-6,12,15,17-18,22,28H,1-2,7-11,13-14H2,(H2,27,34)(H,29,30,31)/t18-,22+/m0/s1. The minimum atomic E-state index is -0.537. The molecule has 6 heterocycles. The fourth-order valence-corrected chi connectivity index (χ4v) is 5.57. The second kappa shape index (κ2) is 9.39. The quantitative estimate of drug-likeness (QED) is 0.500. The molecule has 2 atom stereocenters. The zero-order chi connectivity index (χ0) is 23.8. The predicted molar refractivity (Wildman–Crippen MR) is 134 cm³/mol. The Morgan fingerprint density at radius 2 is 1.94 bits per heavy atom. The summed E-state index contributed by atoms with van der Waals surface area (Å²) in [6, 6.07) is 9.89. The topological polar surface area (TPSA) is 118 Å². The van der Waals surface area contributed by atoms with E-state index in [-0.39, 0.29) is 12.1 Å². The molecule has 4 N–H and O–H groups in total. The summed E-state index contributed by atoms with van der Waals surface area (Å²) >= 11 is 0. The van der Waals surface area contributed by atoms with Crippen molar-refractivity contribution in [3.05, 3.63) is 42.2 Å². The number of ether oxygens (including phenoxy) is 1. The van der Waals surface area contributed by atoms with Gasteiger partial charge in [0.05, 0.1) is 11.3 Å². The van der Waals surface area contributed by atoms with Gasteiger partial charge in [-0.25, -0.2) is 15.0 Å². The summed E-state index contributed by atoms with van der Waals surface area (Å²) in [6.45, 7) is 5.27. The fourth-order valence-electron chi connectivity index (χ4n) is 5.57. The van der Waals surface area contributed by atoms with Gasteiger partial charge < -0.3 is 21.1 Å². The summed E-state index contributed by atoms with van der Waals surface area (Å²) in [5.41, 5.74) is 8.62. The third-order valence-corrected chi connectivity index (χ3v) is 7.53. The molecular weight excluding hydrogens is 442 g/mol. The molecule has 2 bridgehead atoms. The van der Waals surface area contributed by atoms with Crippen LogP contribution >= 0.6 is 0 Å². The number of nitrogens with two attached hydrogens (primary N) is 1. The molecule has 2 aromatic heterocycles. The minimum Gasteiger partial charge on any atom is -0.489 e. The SMILES string of the molecule is NC(=O)c1cc(-c2ccc(O[C@@H]3CN4CCC3CC4)cc2)nc2c(N[C@H]3CCCNC3)ncnc12. The molecular formula is C26H31N7O2. The van der Waals surface area contributed by atoms with E-state index in [0.717, 1.165) is 43.8 Å². The lowest BCUT2D eigenvalue weighted by atomic mass is 9.86. The highest BCUT2D eigenvalue weighted by molar-refractivity contribution is 6.06. The van der Waals surface area contributed by atoms with Gasteiger partial charge in [0, 0.05) is 24.7 Å². The monoisotopic (exact) mass is 473 g/mol. The zero-order valence-corrected chi connectivity index (χ0v) is 19.7. The van der Waals surface area contributed by atoms with E-state index in [2.05, 4.69) is 25.5 Å². The molecule has 0 aliphatic carbocycles. The molecule has 1 amide bonds. The largest absolute Gasteiger partial charge is 0.489 e. The molecule has 0 spiro atoms. The van der Waals surface area contributed by atoms with Crippen LogP contribution in [0.5, 0.6) is 5.75 Å². The van der Waals surface area contributed by atoms with Crippen molar-refractivity contribution in [3.63, 3.8) is 0 Å². The van der Waals surface area contributed by atoms with E-state index in [1.807, 2.05) is 24.3 Å². The number of rotatable bonds is 6. The number of hydrogen-bond donors (Lipinski definition) is 3. The van der Waals surface area contributed by atoms with Crippen molar-refractivity contribution < 1.29 is 9.53 Å². The number of amides is 1. The number of pyridine rings is 1. The van der Waals surface area contributed by atoms with Crippen molar-refractivity contribution in [2.24, 2.45) is 11.7 Å². The van der Waals surface area contributed by atoms with E-state index in [1.54, 1.807) is 6.07 Å². The second-order valence-electron chi connectivity index (χ2n) is 9.85. The minimum absolute atomic E-state index is 0.243. The van der Waals surface area contributed by atoms with E-state index in [4.69, 9.17) is 15.5 Å². The first-order valence-corrected chi connectivity index (χ1v) is 12.6. The number of fused-ring (bicyclic) bond motifs is 4. The molecule has 4 fully saturated rings. The third kappa shape index (κ3) is 4.53. The Morgan fingerprint density at radius 1 is 1.11 bits per heavy atom. The van der Waals surface area contributed by atoms with Crippen LogP contribution in [0.2, 0.25) is 0 Å². The van der Waals surface area contributed by atoms with Crippen LogP contribution < -0.4 is 21.1 Å². The first-order chi connectivity index (χ1) is 17.1. The van der Waals surface area contributed by atoms with Gasteiger partial charge in [0.25, 0.3) is 5.91 Å². The molecule has 4 saturated heterocycles. The fraction of sp³-hybridized carbons (Fsp3) is 0.462. The smallest absolute Gasteiger partial charge is 0.251 e. The molecule has 9 heteroatoms. The van der Waals surface area contributed by atoms with Gasteiger partial charge in [-0.15, -0.1) is 0 Å². The van der Waals surface area contributed by atoms with Crippen LogP contribution in [0, 0.1) is 5.92 Å². The van der Waals surface area contributed by atoms with Crippen molar-refractivity contribution in [1.82, 2.24) is 25.2 Å². The lowest BCUT2D eigenvalue weighted by Crippen LogP contribution is -2.52. The number of aromatic nitrogens is 3. The first-order valence-electron chi connectivity index (χ1n) is 12.6. The average molecular weight is 474 g/mol. The average Bonchev–Trinajstić information content (AvgIpc) is 2.90. The van der Waals surface area contributed by atoms with Crippen LogP contribution in [-0.2, 0) is 0 Å². The summed E-state index contributed by atoms with van der Waals surface area (Å²) < 4.78 is 6.34. The maximum Gasteiger partial charge on any atom is 0.251 e. The Kier molecular flexibility index (Phi) is 5.95. The van der Waals surface area contributed by atoms with Crippen molar-refractivity contribution in [2.45, 2.75) is 37.8 Å². The number of primary amides is 1. The Bertz CT molecular complexity index is 1220. The van der Waals surface area contributed by atoms with E-state index >= 15 is 0 Å². The van der Waals surface area contributed by atoms with Crippen molar-refractivity contribution in [2.75, 3.05) is 38.0 Å². The summed E-state index contributed by atoms with van der Waals surface area (Å²) in [6.07, 6.45) is 6.28. The van der Waals surface area contributed by atoms with Gasteiger partial charge >= 0.3 is 0 Å². The maximum absolute atomic E-state index is 12.3. The van der Waals surface area contributed by atoms with Gasteiger partial charge in [0.15, 0.2) is 5.82 Å². The number of carbonyl (C=O) groups excluding carboxylic acids is 1. The third-order valence-electron chi connectivity index (χ3n) is 7.53. The summed E-state index contributed by atoms with van der Waals surface area (Å²) in [5, 5.41) is 6.88. The van der Waals surface area contributed by atoms with Gasteiger partial charge in [-0.05, 0) is 81.6 Å². The number of anilines is 1. The Morgan fingerprint density at radius 3 is 2.63 bits per heavy atom. The molecule has 9 nitrogen and oxygen atoms in total. The van der Waals surface area contributed by atoms with E-state index in [0.29, 0.717) is 34.0 Å². The lowest BCUT2D eigenvalue weighted by molar-refractivity contribution is -0.00775. The van der Waals surface area contributed by atoms with Gasteiger partial charge in [-0.3, -0.25) is 9.69 Å². The van der Waals surface area contributed by atoms with E-state index in [9.17, 15) is 4.79 Å². The Labute approximate surface area is 204 Å². The van der Waals surface area contributed by atoms with Crippen molar-refractivity contribution in [1.29, 1.82) is 0 Å². The molecule has 4 aliphatic heterocycles. The predicted octanol–water partition coefficient (Wildman–Crippen LogP) is 2.43. The van der Waals surface area contributed by atoms with E-state index < -0.39 is 5.91 Å². The molecule has 3 aromatic rings. The van der Waals surface area contributed by atoms with Crippen LogP contribution in [0.25, 0.3) is 22.3 Å². The van der Waals surface area contributed by atoms with Crippen LogP contribution in [-0.4, -0.2) is 70.6 Å². The molecule has 1 aromatic carbocycles. The molecule has 0 unspecified atom stereocenters. The number of hydrogen-bond acceptors (Lipinski definition) is 8. The lowest BCUT2D eigenvalue weighted by Gasteiger charge is -2.44. The van der Waals surface area contributed by atoms with Gasteiger partial charge in [0.1, 0.15) is 29.2 Å². The highest BCUT2D eigenvalue weighted by Gasteiger charge is 2.35. The maximum atomic E-state index is 12.3. The molecule has 7 rings (SSSR count). The number of benzene rings is 1. The van der Waals surface area contributed by atoms with Crippen LogP contribution in [0.15, 0.2) is 36.7 Å². The summed E-state index contributed by atoms with van der Waals surface area (Å²) in [5.74, 6) is 1.59. The number of carbonyl (C=O) groups is 1. The van der Waals surface area contributed by atoms with Crippen LogP contribution in [0.3, 0.4) is 0 Å². The summed E-state index contributed by atoms with van der Waals surface area (Å²) in [4.78, 5) is 28.5. The Balaban J connectivity index is 1.30. The number of nitrogens with zero attached hydrogens (tertiary/aromatic N) is 4. The zero-order valence-electron chi connectivity index (χ0n) is 19.7. The van der Waals surface area contributed by atoms with Crippen molar-refractivity contribution in [3.8, 4) is 17.0 Å². The second-order valence-corrected chi connectivity index (χ2v) is 9.85. The molecule has 35 heavy (non-hydrogen) atoms.